The molecule has 0 bridgehead atoms. The summed E-state index contributed by atoms with van der Waals surface area (Å²) in [5.41, 5.74) is 9.04. The number of carbonyl (C=O) groups excluding carboxylic acids is 1. The Morgan fingerprint density at radius 1 is 1.58 bits per heavy atom. The molecular weight excluding hydrogens is 156 g/mol. The maximum absolute atomic E-state index is 10.5. The maximum atomic E-state index is 10.5. The van der Waals surface area contributed by atoms with Crippen LogP contribution in [0.4, 0.5) is 0 Å². The smallest absolute Gasteiger partial charge is 0.221 e. The number of hydrogen-bond acceptors (Lipinski definition) is 3. The molecule has 0 aliphatic heterocycles. The molecule has 12 heavy (non-hydrogen) atoms. The number of aliphatic hydroxyl groups is 1. The van der Waals surface area contributed by atoms with E-state index in [-0.39, 0.29) is 6.42 Å². The van der Waals surface area contributed by atoms with Crippen LogP contribution in [-0.4, -0.2) is 16.7 Å². The summed E-state index contributed by atoms with van der Waals surface area (Å²) in [6.07, 6.45) is 3.79. The van der Waals surface area contributed by atoms with E-state index in [0.29, 0.717) is 12.3 Å². The van der Waals surface area contributed by atoms with Crippen molar-refractivity contribution in [2.24, 2.45) is 17.4 Å². The Labute approximate surface area is 71.9 Å². The molecule has 0 aromatic heterocycles. The third-order valence-electron chi connectivity index (χ3n) is 2.35. The monoisotopic (exact) mass is 172 g/mol. The number of rotatable bonds is 4. The van der Waals surface area contributed by atoms with Gasteiger partial charge in [0, 0.05) is 0 Å². The Bertz CT molecular complexity index is 176. The molecule has 0 spiro atoms. The third kappa shape index (κ3) is 2.79. The summed E-state index contributed by atoms with van der Waals surface area (Å²) < 4.78 is 0. The van der Waals surface area contributed by atoms with Crippen LogP contribution in [0.15, 0.2) is 0 Å². The summed E-state index contributed by atoms with van der Waals surface area (Å²) in [4.78, 5) is 10.5. The zero-order chi connectivity index (χ0) is 9.19. The number of nitrogens with two attached hydrogens (primary N) is 2. The average Bonchev–Trinajstić information content (AvgIpc) is 1.76. The Balaban J connectivity index is 2.30. The Morgan fingerprint density at radius 3 is 2.50 bits per heavy atom. The lowest BCUT2D eigenvalue weighted by atomic mass is 9.79. The van der Waals surface area contributed by atoms with Crippen molar-refractivity contribution < 1.29 is 9.90 Å². The van der Waals surface area contributed by atoms with Crippen molar-refractivity contribution in [2.45, 2.75) is 37.8 Å². The van der Waals surface area contributed by atoms with E-state index in [0.717, 1.165) is 12.8 Å². The van der Waals surface area contributed by atoms with Gasteiger partial charge in [0.25, 0.3) is 0 Å². The highest BCUT2D eigenvalue weighted by molar-refractivity contribution is 5.74. The fourth-order valence-electron chi connectivity index (χ4n) is 1.57. The van der Waals surface area contributed by atoms with Gasteiger partial charge in [-0.05, 0) is 12.3 Å². The van der Waals surface area contributed by atoms with Gasteiger partial charge >= 0.3 is 0 Å². The quantitative estimate of drug-likeness (QED) is 0.508. The second-order valence-electron chi connectivity index (χ2n) is 3.75. The Hall–Kier alpha value is -0.610. The summed E-state index contributed by atoms with van der Waals surface area (Å²) in [7, 11) is 0. The molecule has 5 N–H and O–H groups in total. The second-order valence-corrected chi connectivity index (χ2v) is 3.75. The number of hydrogen-bond donors (Lipinski definition) is 3. The van der Waals surface area contributed by atoms with E-state index in [1.165, 1.54) is 6.42 Å². The minimum Gasteiger partial charge on any atom is -0.376 e. The molecule has 4 heteroatoms. The molecule has 4 nitrogen and oxygen atoms in total. The van der Waals surface area contributed by atoms with Crippen molar-refractivity contribution in [3.63, 3.8) is 0 Å². The minimum absolute atomic E-state index is 0.135. The highest BCUT2D eigenvalue weighted by Gasteiger charge is 2.30. The molecule has 1 amide bonds. The first kappa shape index (κ1) is 9.48. The standard InChI is InChI=1S/C8H16N2O2/c9-7(11)5-8(10,12)4-6-2-1-3-6/h6,12H,1-5,10H2,(H2,9,11). The molecule has 1 atom stereocenters. The van der Waals surface area contributed by atoms with Gasteiger partial charge in [-0.25, -0.2) is 0 Å². The van der Waals surface area contributed by atoms with Crippen LogP contribution in [-0.2, 0) is 4.79 Å². The molecule has 1 saturated carbocycles. The van der Waals surface area contributed by atoms with E-state index in [9.17, 15) is 9.90 Å². The molecule has 70 valence electrons. The minimum atomic E-state index is -1.38. The summed E-state index contributed by atoms with van der Waals surface area (Å²) in [5, 5.41) is 9.50. The molecule has 0 saturated heterocycles. The van der Waals surface area contributed by atoms with Gasteiger partial charge in [0.2, 0.25) is 5.91 Å². The fourth-order valence-corrected chi connectivity index (χ4v) is 1.57. The average molecular weight is 172 g/mol. The molecular formula is C8H16N2O2. The molecule has 0 aromatic rings. The lowest BCUT2D eigenvalue weighted by molar-refractivity contribution is -0.123. The van der Waals surface area contributed by atoms with Crippen LogP contribution in [0.2, 0.25) is 0 Å². The van der Waals surface area contributed by atoms with Crippen LogP contribution in [0.1, 0.15) is 32.1 Å². The molecule has 1 aliphatic rings. The number of primary amides is 1. The number of carbonyl (C=O) groups is 1. The van der Waals surface area contributed by atoms with E-state index in [1.807, 2.05) is 0 Å². The summed E-state index contributed by atoms with van der Waals surface area (Å²) >= 11 is 0. The summed E-state index contributed by atoms with van der Waals surface area (Å²) in [5.74, 6) is -0.0568. The normalized spacial score (nSPS) is 22.8. The predicted molar refractivity (Wildman–Crippen MR) is 44.9 cm³/mol. The first-order chi connectivity index (χ1) is 5.49. The molecule has 1 rings (SSSR count). The lowest BCUT2D eigenvalue weighted by Crippen LogP contribution is -2.45. The van der Waals surface area contributed by atoms with E-state index in [2.05, 4.69) is 0 Å². The van der Waals surface area contributed by atoms with E-state index < -0.39 is 11.6 Å². The van der Waals surface area contributed by atoms with Gasteiger partial charge in [-0.15, -0.1) is 0 Å². The van der Waals surface area contributed by atoms with Gasteiger partial charge < -0.3 is 16.6 Å². The largest absolute Gasteiger partial charge is 0.376 e. The molecule has 1 unspecified atom stereocenters. The second kappa shape index (κ2) is 3.41. The fraction of sp³-hybridized carbons (Fsp3) is 0.875. The highest BCUT2D eigenvalue weighted by atomic mass is 16.3. The third-order valence-corrected chi connectivity index (χ3v) is 2.35. The SMILES string of the molecule is NC(=O)CC(N)(O)CC1CCC1. The van der Waals surface area contributed by atoms with Crippen LogP contribution in [0.3, 0.4) is 0 Å². The summed E-state index contributed by atoms with van der Waals surface area (Å²) in [6, 6.07) is 0. The van der Waals surface area contributed by atoms with E-state index in [1.54, 1.807) is 0 Å². The first-order valence-corrected chi connectivity index (χ1v) is 4.29. The maximum Gasteiger partial charge on any atom is 0.221 e. The lowest BCUT2D eigenvalue weighted by Gasteiger charge is -2.32. The van der Waals surface area contributed by atoms with E-state index in [4.69, 9.17) is 11.5 Å². The van der Waals surface area contributed by atoms with Gasteiger partial charge in [0.05, 0.1) is 6.42 Å². The van der Waals surface area contributed by atoms with Crippen LogP contribution >= 0.6 is 0 Å². The van der Waals surface area contributed by atoms with Gasteiger partial charge in [0.15, 0.2) is 0 Å². The van der Waals surface area contributed by atoms with Crippen molar-refractivity contribution in [3.8, 4) is 0 Å². The molecule has 0 radical (unpaired) electrons. The van der Waals surface area contributed by atoms with Crippen molar-refractivity contribution in [1.82, 2.24) is 0 Å². The van der Waals surface area contributed by atoms with Crippen LogP contribution in [0.25, 0.3) is 0 Å². The van der Waals surface area contributed by atoms with Crippen LogP contribution in [0, 0.1) is 5.92 Å². The molecule has 0 heterocycles. The summed E-state index contributed by atoms with van der Waals surface area (Å²) in [6.45, 7) is 0. The molecule has 1 fully saturated rings. The van der Waals surface area contributed by atoms with Crippen molar-refractivity contribution in [2.75, 3.05) is 0 Å². The molecule has 1 aliphatic carbocycles. The van der Waals surface area contributed by atoms with Crippen LogP contribution < -0.4 is 11.5 Å². The molecule has 0 aromatic carbocycles. The Morgan fingerprint density at radius 2 is 2.17 bits per heavy atom. The topological polar surface area (TPSA) is 89.3 Å². The van der Waals surface area contributed by atoms with Crippen LogP contribution in [0.5, 0.6) is 0 Å². The zero-order valence-corrected chi connectivity index (χ0v) is 7.12. The van der Waals surface area contributed by atoms with E-state index >= 15 is 0 Å². The first-order valence-electron chi connectivity index (χ1n) is 4.29. The zero-order valence-electron chi connectivity index (χ0n) is 7.12. The van der Waals surface area contributed by atoms with Crippen molar-refractivity contribution in [1.29, 1.82) is 0 Å². The van der Waals surface area contributed by atoms with Gasteiger partial charge in [-0.2, -0.15) is 0 Å². The van der Waals surface area contributed by atoms with Gasteiger partial charge in [0.1, 0.15) is 5.72 Å². The highest BCUT2D eigenvalue weighted by Crippen LogP contribution is 2.32. The van der Waals surface area contributed by atoms with Crippen molar-refractivity contribution >= 4 is 5.91 Å². The Kier molecular flexibility index (Phi) is 2.69. The van der Waals surface area contributed by atoms with Crippen molar-refractivity contribution in [3.05, 3.63) is 0 Å². The predicted octanol–water partition coefficient (Wildman–Crippen LogP) is -0.301. The number of amides is 1. The van der Waals surface area contributed by atoms with Gasteiger partial charge in [-0.3, -0.25) is 4.79 Å². The van der Waals surface area contributed by atoms with Gasteiger partial charge in [-0.1, -0.05) is 19.3 Å².